The number of ether oxygens (including phenoxy) is 2. The van der Waals surface area contributed by atoms with Gasteiger partial charge in [-0.2, -0.15) is 0 Å². The van der Waals surface area contributed by atoms with Crippen LogP contribution in [-0.4, -0.2) is 25.1 Å². The Hall–Kier alpha value is -4.07. The van der Waals surface area contributed by atoms with Crippen LogP contribution in [0.2, 0.25) is 0 Å². The van der Waals surface area contributed by atoms with Gasteiger partial charge < -0.3 is 20.1 Å². The Bertz CT molecular complexity index is 1080. The number of aryl methyl sites for hydroxylation is 1. The van der Waals surface area contributed by atoms with Crippen LogP contribution in [0.4, 0.5) is 22.7 Å². The zero-order valence-electron chi connectivity index (χ0n) is 16.8. The Labute approximate surface area is 173 Å². The summed E-state index contributed by atoms with van der Waals surface area (Å²) in [5, 5.41) is 17.5. The van der Waals surface area contributed by atoms with Gasteiger partial charge in [0.05, 0.1) is 36.6 Å². The molecule has 2 N–H and O–H groups in total. The maximum absolute atomic E-state index is 12.9. The molecule has 0 aromatic heterocycles. The number of hydrogen-bond donors (Lipinski definition) is 2. The first-order valence-corrected chi connectivity index (χ1v) is 9.07. The van der Waals surface area contributed by atoms with Crippen molar-refractivity contribution in [3.63, 3.8) is 0 Å². The van der Waals surface area contributed by atoms with E-state index in [1.165, 1.54) is 26.4 Å². The number of nitro benzene ring substituents is 1. The molecule has 0 heterocycles. The molecular formula is C22H21N3O5. The molecule has 0 aliphatic heterocycles. The van der Waals surface area contributed by atoms with Crippen LogP contribution < -0.4 is 20.1 Å². The number of carbonyl (C=O) groups excluding carboxylic acids is 1. The fourth-order valence-corrected chi connectivity index (χ4v) is 2.88. The first kappa shape index (κ1) is 20.7. The second-order valence-corrected chi connectivity index (χ2v) is 6.47. The van der Waals surface area contributed by atoms with Gasteiger partial charge in [0.1, 0.15) is 5.56 Å². The number of para-hydroxylation sites is 2. The molecule has 0 fully saturated rings. The van der Waals surface area contributed by atoms with Crippen LogP contribution in [0.15, 0.2) is 60.7 Å². The molecule has 0 saturated heterocycles. The summed E-state index contributed by atoms with van der Waals surface area (Å²) in [5.41, 5.74) is 2.59. The highest BCUT2D eigenvalue weighted by Gasteiger charge is 2.25. The fourth-order valence-electron chi connectivity index (χ4n) is 2.88. The van der Waals surface area contributed by atoms with Crippen molar-refractivity contribution in [2.75, 3.05) is 24.9 Å². The van der Waals surface area contributed by atoms with Gasteiger partial charge >= 0.3 is 0 Å². The molecule has 0 unspecified atom stereocenters. The van der Waals surface area contributed by atoms with Gasteiger partial charge in [0.2, 0.25) is 0 Å². The molecule has 0 atom stereocenters. The topological polar surface area (TPSA) is 103 Å². The second-order valence-electron chi connectivity index (χ2n) is 6.47. The van der Waals surface area contributed by atoms with E-state index in [9.17, 15) is 14.9 Å². The largest absolute Gasteiger partial charge is 0.493 e. The van der Waals surface area contributed by atoms with Crippen molar-refractivity contribution in [2.45, 2.75) is 6.92 Å². The van der Waals surface area contributed by atoms with E-state index in [2.05, 4.69) is 10.6 Å². The van der Waals surface area contributed by atoms with E-state index >= 15 is 0 Å². The summed E-state index contributed by atoms with van der Waals surface area (Å²) in [6.45, 7) is 1.99. The van der Waals surface area contributed by atoms with Crippen molar-refractivity contribution in [1.82, 2.24) is 0 Å². The van der Waals surface area contributed by atoms with Gasteiger partial charge in [-0.15, -0.1) is 0 Å². The maximum atomic E-state index is 12.9. The Morgan fingerprint density at radius 1 is 0.933 bits per heavy atom. The van der Waals surface area contributed by atoms with Crippen molar-refractivity contribution in [2.24, 2.45) is 0 Å². The smallest absolute Gasteiger partial charge is 0.286 e. The molecule has 0 radical (unpaired) electrons. The third-order valence-corrected chi connectivity index (χ3v) is 4.45. The molecule has 1 amide bonds. The standard InChI is InChI=1S/C22H21N3O5/c1-14-8-10-15(11-9-14)23-17-6-4-5-7-18(17)24-22(26)16-12-20(29-2)21(30-3)13-19(16)25(27)28/h4-13,23H,1-3H3,(H,24,26). The van der Waals surface area contributed by atoms with E-state index in [-0.39, 0.29) is 22.7 Å². The van der Waals surface area contributed by atoms with E-state index in [4.69, 9.17) is 9.47 Å². The van der Waals surface area contributed by atoms with E-state index in [0.717, 1.165) is 11.3 Å². The Morgan fingerprint density at radius 2 is 1.53 bits per heavy atom. The zero-order valence-corrected chi connectivity index (χ0v) is 16.8. The lowest BCUT2D eigenvalue weighted by Crippen LogP contribution is -2.15. The van der Waals surface area contributed by atoms with Gasteiger partial charge in [-0.3, -0.25) is 14.9 Å². The lowest BCUT2D eigenvalue weighted by atomic mass is 10.1. The molecule has 154 valence electrons. The second kappa shape index (κ2) is 8.95. The van der Waals surface area contributed by atoms with Crippen LogP contribution in [0.1, 0.15) is 15.9 Å². The third-order valence-electron chi connectivity index (χ3n) is 4.45. The fraction of sp³-hybridized carbons (Fsp3) is 0.136. The highest BCUT2D eigenvalue weighted by atomic mass is 16.6. The summed E-state index contributed by atoms with van der Waals surface area (Å²) >= 11 is 0. The number of rotatable bonds is 7. The SMILES string of the molecule is COc1cc(C(=O)Nc2ccccc2Nc2ccc(C)cc2)c([N+](=O)[O-])cc1OC. The number of benzene rings is 3. The molecular weight excluding hydrogens is 386 g/mol. The molecule has 8 heteroatoms. The van der Waals surface area contributed by atoms with E-state index in [0.29, 0.717) is 11.4 Å². The highest BCUT2D eigenvalue weighted by Crippen LogP contribution is 2.35. The molecule has 0 bridgehead atoms. The molecule has 0 aliphatic carbocycles. The predicted octanol–water partition coefficient (Wildman–Crippen LogP) is 4.92. The molecule has 8 nitrogen and oxygen atoms in total. The Kier molecular flexibility index (Phi) is 6.17. The third kappa shape index (κ3) is 4.49. The van der Waals surface area contributed by atoms with Crippen molar-refractivity contribution >= 4 is 28.7 Å². The monoisotopic (exact) mass is 407 g/mol. The molecule has 0 spiro atoms. The van der Waals surface area contributed by atoms with Gasteiger partial charge in [-0.25, -0.2) is 0 Å². The van der Waals surface area contributed by atoms with Crippen molar-refractivity contribution in [1.29, 1.82) is 0 Å². The minimum atomic E-state index is -0.638. The number of amides is 1. The molecule has 0 aliphatic rings. The first-order chi connectivity index (χ1) is 14.4. The van der Waals surface area contributed by atoms with Gasteiger partial charge in [0, 0.05) is 11.8 Å². The van der Waals surface area contributed by atoms with E-state index in [1.807, 2.05) is 37.3 Å². The highest BCUT2D eigenvalue weighted by molar-refractivity contribution is 6.09. The number of hydrogen-bond acceptors (Lipinski definition) is 6. The zero-order chi connectivity index (χ0) is 21.7. The van der Waals surface area contributed by atoms with Crippen LogP contribution in [0.3, 0.4) is 0 Å². The number of nitrogens with zero attached hydrogens (tertiary/aromatic N) is 1. The molecule has 3 aromatic carbocycles. The minimum absolute atomic E-state index is 0.136. The average molecular weight is 407 g/mol. The summed E-state index contributed by atoms with van der Waals surface area (Å²) < 4.78 is 10.3. The number of methoxy groups -OCH3 is 2. The van der Waals surface area contributed by atoms with Crippen LogP contribution in [-0.2, 0) is 0 Å². The number of nitro groups is 1. The summed E-state index contributed by atoms with van der Waals surface area (Å²) in [4.78, 5) is 23.8. The van der Waals surface area contributed by atoms with Gasteiger partial charge in [-0.1, -0.05) is 29.8 Å². The van der Waals surface area contributed by atoms with E-state index in [1.54, 1.807) is 18.2 Å². The maximum Gasteiger partial charge on any atom is 0.286 e. The van der Waals surface area contributed by atoms with Crippen molar-refractivity contribution < 1.29 is 19.2 Å². The summed E-state index contributed by atoms with van der Waals surface area (Å²) in [5.74, 6) is -0.248. The van der Waals surface area contributed by atoms with Crippen LogP contribution >= 0.6 is 0 Å². The Morgan fingerprint density at radius 3 is 2.13 bits per heavy atom. The normalized spacial score (nSPS) is 10.2. The summed E-state index contributed by atoms with van der Waals surface area (Å²) in [6, 6.07) is 17.4. The molecule has 3 rings (SSSR count). The summed E-state index contributed by atoms with van der Waals surface area (Å²) in [7, 11) is 2.76. The minimum Gasteiger partial charge on any atom is -0.493 e. The Balaban J connectivity index is 1.93. The number of anilines is 3. The van der Waals surface area contributed by atoms with E-state index < -0.39 is 10.8 Å². The van der Waals surface area contributed by atoms with Crippen LogP contribution in [0.5, 0.6) is 11.5 Å². The first-order valence-electron chi connectivity index (χ1n) is 9.07. The lowest BCUT2D eigenvalue weighted by molar-refractivity contribution is -0.385. The van der Waals surface area contributed by atoms with Crippen LogP contribution in [0, 0.1) is 17.0 Å². The lowest BCUT2D eigenvalue weighted by Gasteiger charge is -2.14. The molecule has 30 heavy (non-hydrogen) atoms. The van der Waals surface area contributed by atoms with Crippen LogP contribution in [0.25, 0.3) is 0 Å². The predicted molar refractivity (Wildman–Crippen MR) is 115 cm³/mol. The van der Waals surface area contributed by atoms with Crippen molar-refractivity contribution in [3.8, 4) is 11.5 Å². The van der Waals surface area contributed by atoms with Crippen molar-refractivity contribution in [3.05, 3.63) is 81.9 Å². The number of carbonyl (C=O) groups is 1. The molecule has 0 saturated carbocycles. The summed E-state index contributed by atoms with van der Waals surface area (Å²) in [6.07, 6.45) is 0. The number of nitrogens with one attached hydrogen (secondary N) is 2. The molecule has 3 aromatic rings. The quantitative estimate of drug-likeness (QED) is 0.426. The van der Waals surface area contributed by atoms with Gasteiger partial charge in [0.15, 0.2) is 11.5 Å². The average Bonchev–Trinajstić information content (AvgIpc) is 2.75. The van der Waals surface area contributed by atoms with Gasteiger partial charge in [0.25, 0.3) is 11.6 Å². The van der Waals surface area contributed by atoms with Gasteiger partial charge in [-0.05, 0) is 31.2 Å².